The third-order valence-electron chi connectivity index (χ3n) is 3.50. The minimum absolute atomic E-state index is 0.109. The molecule has 2 rings (SSSR count). The van der Waals surface area contributed by atoms with Crippen molar-refractivity contribution in [3.8, 4) is 0 Å². The zero-order chi connectivity index (χ0) is 9.97. The van der Waals surface area contributed by atoms with E-state index in [9.17, 15) is 4.79 Å². The quantitative estimate of drug-likeness (QED) is 0.645. The highest BCUT2D eigenvalue weighted by molar-refractivity contribution is 5.68. The van der Waals surface area contributed by atoms with Gasteiger partial charge in [-0.3, -0.25) is 0 Å². The van der Waals surface area contributed by atoms with E-state index in [0.717, 1.165) is 24.9 Å². The molecule has 1 amide bonds. The number of nitrogens with zero attached hydrogens (tertiary/aromatic N) is 1. The van der Waals surface area contributed by atoms with E-state index in [1.54, 1.807) is 0 Å². The Bertz CT molecular complexity index is 203. The van der Waals surface area contributed by atoms with Crippen LogP contribution < -0.4 is 0 Å². The van der Waals surface area contributed by atoms with Crippen molar-refractivity contribution in [1.82, 2.24) is 4.90 Å². The van der Waals surface area contributed by atoms with Crippen molar-refractivity contribution in [2.24, 2.45) is 11.8 Å². The Hall–Kier alpha value is -0.730. The minimum atomic E-state index is -0.109. The number of likely N-dealkylation sites (tertiary alicyclic amines) is 1. The Balaban J connectivity index is 1.89. The van der Waals surface area contributed by atoms with E-state index in [0.29, 0.717) is 6.61 Å². The van der Waals surface area contributed by atoms with E-state index < -0.39 is 0 Å². The van der Waals surface area contributed by atoms with Crippen LogP contribution in [0.25, 0.3) is 0 Å². The summed E-state index contributed by atoms with van der Waals surface area (Å²) < 4.78 is 5.02. The van der Waals surface area contributed by atoms with Crippen LogP contribution in [0.15, 0.2) is 0 Å². The molecule has 0 radical (unpaired) electrons. The average molecular weight is 197 g/mol. The average Bonchev–Trinajstić information content (AvgIpc) is 2.61. The number of carbonyl (C=O) groups excluding carboxylic acids is 1. The van der Waals surface area contributed by atoms with Gasteiger partial charge in [0.25, 0.3) is 0 Å². The van der Waals surface area contributed by atoms with E-state index in [2.05, 4.69) is 0 Å². The molecule has 3 nitrogen and oxygen atoms in total. The first-order valence-electron chi connectivity index (χ1n) is 5.73. The number of rotatable bonds is 1. The summed E-state index contributed by atoms with van der Waals surface area (Å²) in [6, 6.07) is 0. The molecule has 14 heavy (non-hydrogen) atoms. The summed E-state index contributed by atoms with van der Waals surface area (Å²) in [6.45, 7) is 4.22. The normalized spacial score (nSPS) is 31.4. The van der Waals surface area contributed by atoms with Crippen molar-refractivity contribution in [2.45, 2.75) is 32.6 Å². The Labute approximate surface area is 85.4 Å². The van der Waals surface area contributed by atoms with Crippen LogP contribution in [0, 0.1) is 11.8 Å². The van der Waals surface area contributed by atoms with Crippen LogP contribution in [0.1, 0.15) is 32.6 Å². The molecular formula is C11H19NO2. The van der Waals surface area contributed by atoms with Crippen molar-refractivity contribution in [1.29, 1.82) is 0 Å². The first-order chi connectivity index (χ1) is 6.81. The fourth-order valence-electron chi connectivity index (χ4n) is 2.77. The van der Waals surface area contributed by atoms with E-state index in [1.165, 1.54) is 25.7 Å². The lowest BCUT2D eigenvalue weighted by atomic mass is 9.82. The number of carbonyl (C=O) groups is 1. The number of hydrogen-bond donors (Lipinski definition) is 0. The van der Waals surface area contributed by atoms with Crippen molar-refractivity contribution in [2.75, 3.05) is 19.7 Å². The van der Waals surface area contributed by atoms with Gasteiger partial charge in [-0.05, 0) is 31.6 Å². The molecule has 2 unspecified atom stereocenters. The molecule has 0 aromatic rings. The first-order valence-corrected chi connectivity index (χ1v) is 5.73. The summed E-state index contributed by atoms with van der Waals surface area (Å²) in [5.41, 5.74) is 0. The van der Waals surface area contributed by atoms with E-state index in [-0.39, 0.29) is 6.09 Å². The molecule has 3 heteroatoms. The highest BCUT2D eigenvalue weighted by Crippen LogP contribution is 2.36. The van der Waals surface area contributed by atoms with Gasteiger partial charge in [0, 0.05) is 13.1 Å². The zero-order valence-corrected chi connectivity index (χ0v) is 8.87. The Morgan fingerprint density at radius 2 is 1.86 bits per heavy atom. The first kappa shape index (κ1) is 9.81. The molecule has 2 fully saturated rings. The monoisotopic (exact) mass is 197 g/mol. The van der Waals surface area contributed by atoms with Crippen LogP contribution in [0.3, 0.4) is 0 Å². The molecule has 1 heterocycles. The maximum absolute atomic E-state index is 11.5. The third kappa shape index (κ3) is 1.86. The zero-order valence-electron chi connectivity index (χ0n) is 8.87. The molecule has 1 saturated carbocycles. The number of ether oxygens (including phenoxy) is 1. The maximum Gasteiger partial charge on any atom is 0.409 e. The Morgan fingerprint density at radius 1 is 1.29 bits per heavy atom. The van der Waals surface area contributed by atoms with Gasteiger partial charge in [-0.15, -0.1) is 0 Å². The molecular weight excluding hydrogens is 178 g/mol. The molecule has 1 saturated heterocycles. The van der Waals surface area contributed by atoms with Gasteiger partial charge in [0.15, 0.2) is 0 Å². The van der Waals surface area contributed by atoms with Gasteiger partial charge in [-0.2, -0.15) is 0 Å². The number of fused-ring (bicyclic) bond motifs is 1. The largest absolute Gasteiger partial charge is 0.450 e. The van der Waals surface area contributed by atoms with Crippen LogP contribution in [0.4, 0.5) is 4.79 Å². The third-order valence-corrected chi connectivity index (χ3v) is 3.50. The molecule has 1 aliphatic carbocycles. The van der Waals surface area contributed by atoms with E-state index >= 15 is 0 Å². The topological polar surface area (TPSA) is 29.5 Å². The fourth-order valence-corrected chi connectivity index (χ4v) is 2.77. The summed E-state index contributed by atoms with van der Waals surface area (Å²) in [7, 11) is 0. The lowest BCUT2D eigenvalue weighted by Crippen LogP contribution is -2.29. The van der Waals surface area contributed by atoms with Crippen molar-refractivity contribution >= 4 is 6.09 Å². The summed E-state index contributed by atoms with van der Waals surface area (Å²) >= 11 is 0. The highest BCUT2D eigenvalue weighted by Gasteiger charge is 2.36. The molecule has 0 spiro atoms. The second kappa shape index (κ2) is 4.20. The van der Waals surface area contributed by atoms with Gasteiger partial charge in [0.2, 0.25) is 0 Å². The fraction of sp³-hybridized carbons (Fsp3) is 0.909. The summed E-state index contributed by atoms with van der Waals surface area (Å²) in [6.07, 6.45) is 5.19. The predicted octanol–water partition coefficient (Wildman–Crippen LogP) is 2.26. The smallest absolute Gasteiger partial charge is 0.409 e. The van der Waals surface area contributed by atoms with Crippen LogP contribution in [-0.4, -0.2) is 30.7 Å². The molecule has 0 aromatic heterocycles. The van der Waals surface area contributed by atoms with Crippen molar-refractivity contribution < 1.29 is 9.53 Å². The SMILES string of the molecule is CCOC(=O)N1CC2CCCCC2C1. The molecule has 0 aromatic carbocycles. The van der Waals surface area contributed by atoms with Gasteiger partial charge in [0.1, 0.15) is 0 Å². The summed E-state index contributed by atoms with van der Waals surface area (Å²) in [5, 5.41) is 0. The molecule has 2 aliphatic rings. The standard InChI is InChI=1S/C11H19NO2/c1-2-14-11(13)12-7-9-5-3-4-6-10(9)8-12/h9-10H,2-8H2,1H3. The van der Waals surface area contributed by atoms with Gasteiger partial charge >= 0.3 is 6.09 Å². The molecule has 0 N–H and O–H groups in total. The minimum Gasteiger partial charge on any atom is -0.450 e. The van der Waals surface area contributed by atoms with Crippen LogP contribution in [0.5, 0.6) is 0 Å². The van der Waals surface area contributed by atoms with Crippen LogP contribution >= 0.6 is 0 Å². The van der Waals surface area contributed by atoms with Crippen molar-refractivity contribution in [3.63, 3.8) is 0 Å². The molecule has 2 atom stereocenters. The number of hydrogen-bond acceptors (Lipinski definition) is 2. The van der Waals surface area contributed by atoms with Gasteiger partial charge in [0.05, 0.1) is 6.61 Å². The van der Waals surface area contributed by atoms with Crippen molar-refractivity contribution in [3.05, 3.63) is 0 Å². The summed E-state index contributed by atoms with van der Waals surface area (Å²) in [4.78, 5) is 13.4. The molecule has 0 bridgehead atoms. The Kier molecular flexibility index (Phi) is 2.94. The van der Waals surface area contributed by atoms with E-state index in [4.69, 9.17) is 4.74 Å². The lowest BCUT2D eigenvalue weighted by molar-refractivity contribution is 0.114. The second-order valence-electron chi connectivity index (χ2n) is 4.41. The van der Waals surface area contributed by atoms with Gasteiger partial charge in [-0.1, -0.05) is 12.8 Å². The number of amides is 1. The lowest BCUT2D eigenvalue weighted by Gasteiger charge is -2.22. The summed E-state index contributed by atoms with van der Waals surface area (Å²) in [5.74, 6) is 1.52. The highest BCUT2D eigenvalue weighted by atomic mass is 16.6. The Morgan fingerprint density at radius 3 is 2.36 bits per heavy atom. The van der Waals surface area contributed by atoms with E-state index in [1.807, 2.05) is 11.8 Å². The van der Waals surface area contributed by atoms with Gasteiger partial charge in [-0.25, -0.2) is 4.79 Å². The van der Waals surface area contributed by atoms with Crippen LogP contribution in [-0.2, 0) is 4.74 Å². The second-order valence-corrected chi connectivity index (χ2v) is 4.41. The molecule has 1 aliphatic heterocycles. The van der Waals surface area contributed by atoms with Gasteiger partial charge < -0.3 is 9.64 Å². The van der Waals surface area contributed by atoms with Crippen LogP contribution in [0.2, 0.25) is 0 Å². The predicted molar refractivity (Wildman–Crippen MR) is 54.0 cm³/mol. The molecule has 80 valence electrons. The maximum atomic E-state index is 11.5.